The second-order valence-electron chi connectivity index (χ2n) is 5.51. The molecular weight excluding hydrogens is 389 g/mol. The molecule has 3 rings (SSSR count). The second kappa shape index (κ2) is 8.33. The number of benzene rings is 2. The molecule has 0 spiro atoms. The highest BCUT2D eigenvalue weighted by atomic mass is 35.5. The summed E-state index contributed by atoms with van der Waals surface area (Å²) in [5.41, 5.74) is 1.34. The molecule has 138 valence electrons. The molecule has 1 heterocycles. The van der Waals surface area contributed by atoms with E-state index < -0.39 is 11.9 Å². The average molecular weight is 404 g/mol. The van der Waals surface area contributed by atoms with Gasteiger partial charge in [0, 0.05) is 21.5 Å². The van der Waals surface area contributed by atoms with Crippen molar-refractivity contribution in [3.63, 3.8) is 0 Å². The van der Waals surface area contributed by atoms with E-state index in [1.165, 1.54) is 12.1 Å². The normalized spacial score (nSPS) is 10.5. The number of hydrogen-bond acceptors (Lipinski definition) is 4. The van der Waals surface area contributed by atoms with Gasteiger partial charge in [-0.3, -0.25) is 4.79 Å². The molecule has 0 saturated heterocycles. The van der Waals surface area contributed by atoms with Gasteiger partial charge in [0.2, 0.25) is 0 Å². The molecular formula is C20H15ClFNO3S. The summed E-state index contributed by atoms with van der Waals surface area (Å²) >= 11 is 6.87. The van der Waals surface area contributed by atoms with Crippen molar-refractivity contribution in [3.8, 4) is 11.1 Å². The number of amides is 1. The highest BCUT2D eigenvalue weighted by Gasteiger charge is 2.29. The lowest BCUT2D eigenvalue weighted by molar-refractivity contribution is 0.0528. The molecule has 0 aliphatic heterocycles. The summed E-state index contributed by atoms with van der Waals surface area (Å²) in [6, 6.07) is 14.8. The molecule has 0 aliphatic rings. The first kappa shape index (κ1) is 19.1. The van der Waals surface area contributed by atoms with E-state index in [-0.39, 0.29) is 27.9 Å². The van der Waals surface area contributed by atoms with Gasteiger partial charge >= 0.3 is 5.97 Å². The van der Waals surface area contributed by atoms with Gasteiger partial charge in [0.15, 0.2) is 0 Å². The number of carbonyl (C=O) groups excluding carboxylic acids is 2. The predicted octanol–water partition coefficient (Wildman–Crippen LogP) is 5.78. The maximum atomic E-state index is 14.9. The lowest BCUT2D eigenvalue weighted by Crippen LogP contribution is -2.23. The molecule has 7 heteroatoms. The number of nitrogens with zero attached hydrogens (tertiary/aromatic N) is 1. The fourth-order valence-corrected chi connectivity index (χ4v) is 3.62. The minimum atomic E-state index is -0.856. The lowest BCUT2D eigenvalue weighted by Gasteiger charge is -2.13. The van der Waals surface area contributed by atoms with Crippen LogP contribution in [0.1, 0.15) is 27.6 Å². The van der Waals surface area contributed by atoms with Gasteiger partial charge in [0.05, 0.1) is 6.61 Å². The van der Waals surface area contributed by atoms with Crippen LogP contribution >= 0.6 is 22.9 Å². The first-order valence-corrected chi connectivity index (χ1v) is 9.38. The van der Waals surface area contributed by atoms with Crippen LogP contribution in [0.3, 0.4) is 0 Å². The van der Waals surface area contributed by atoms with Gasteiger partial charge in [0.1, 0.15) is 10.6 Å². The fraction of sp³-hybridized carbons (Fsp3) is 0.100. The standard InChI is InChI=1S/C20H15ClFNO3S/c1-2-26-20(25)17-16(13-8-10-15(21)11-9-13)12-27-19(17)23(22)18(24)14-6-4-3-5-7-14/h3-12H,2H2,1H3. The number of hydrogen-bond donors (Lipinski definition) is 0. The zero-order chi connectivity index (χ0) is 19.4. The fourth-order valence-electron chi connectivity index (χ4n) is 2.52. The molecule has 3 aromatic rings. The van der Waals surface area contributed by atoms with Gasteiger partial charge in [-0.1, -0.05) is 46.4 Å². The molecule has 0 saturated carbocycles. The average Bonchev–Trinajstić information content (AvgIpc) is 3.13. The Hall–Kier alpha value is -2.70. The van der Waals surface area contributed by atoms with Gasteiger partial charge in [-0.25, -0.2) is 4.79 Å². The van der Waals surface area contributed by atoms with Crippen molar-refractivity contribution in [1.82, 2.24) is 0 Å². The molecule has 0 aliphatic carbocycles. The van der Waals surface area contributed by atoms with Crippen molar-refractivity contribution in [2.75, 3.05) is 11.7 Å². The summed E-state index contributed by atoms with van der Waals surface area (Å²) in [7, 11) is 0. The van der Waals surface area contributed by atoms with Crippen molar-refractivity contribution in [2.24, 2.45) is 0 Å². The molecule has 1 amide bonds. The van der Waals surface area contributed by atoms with Crippen LogP contribution < -0.4 is 5.12 Å². The van der Waals surface area contributed by atoms with E-state index in [0.717, 1.165) is 11.3 Å². The SMILES string of the molecule is CCOC(=O)c1c(-c2ccc(Cl)cc2)csc1N(F)C(=O)c1ccccc1. The molecule has 27 heavy (non-hydrogen) atoms. The number of ether oxygens (including phenoxy) is 1. The Morgan fingerprint density at radius 2 is 1.78 bits per heavy atom. The van der Waals surface area contributed by atoms with Gasteiger partial charge in [-0.2, -0.15) is 0 Å². The van der Waals surface area contributed by atoms with Gasteiger partial charge in [0.25, 0.3) is 5.91 Å². The third kappa shape index (κ3) is 4.02. The van der Waals surface area contributed by atoms with Crippen LogP contribution in [0.15, 0.2) is 60.0 Å². The van der Waals surface area contributed by atoms with Crippen LogP contribution in [0.4, 0.5) is 9.48 Å². The topological polar surface area (TPSA) is 46.6 Å². The Bertz CT molecular complexity index is 957. The number of esters is 1. The number of anilines is 1. The van der Waals surface area contributed by atoms with Crippen molar-refractivity contribution in [2.45, 2.75) is 6.92 Å². The first-order valence-electron chi connectivity index (χ1n) is 8.12. The Morgan fingerprint density at radius 3 is 2.41 bits per heavy atom. The summed E-state index contributed by atoms with van der Waals surface area (Å²) in [6.07, 6.45) is 0. The number of carbonyl (C=O) groups is 2. The third-order valence-electron chi connectivity index (χ3n) is 3.78. The summed E-state index contributed by atoms with van der Waals surface area (Å²) < 4.78 is 20.0. The van der Waals surface area contributed by atoms with Crippen LogP contribution in [0, 0.1) is 0 Å². The quantitative estimate of drug-likeness (QED) is 0.401. The van der Waals surface area contributed by atoms with Crippen LogP contribution in [0.2, 0.25) is 5.02 Å². The van der Waals surface area contributed by atoms with Crippen LogP contribution in [-0.2, 0) is 4.74 Å². The van der Waals surface area contributed by atoms with Gasteiger partial charge in [-0.05, 0) is 36.8 Å². The molecule has 0 fully saturated rings. The largest absolute Gasteiger partial charge is 0.462 e. The number of rotatable bonds is 5. The van der Waals surface area contributed by atoms with E-state index in [2.05, 4.69) is 0 Å². The predicted molar refractivity (Wildman–Crippen MR) is 105 cm³/mol. The van der Waals surface area contributed by atoms with E-state index in [1.807, 2.05) is 0 Å². The minimum Gasteiger partial charge on any atom is -0.462 e. The van der Waals surface area contributed by atoms with E-state index in [9.17, 15) is 14.1 Å². The summed E-state index contributed by atoms with van der Waals surface area (Å²) in [5, 5.41) is 2.03. The van der Waals surface area contributed by atoms with Gasteiger partial charge < -0.3 is 4.74 Å². The van der Waals surface area contributed by atoms with E-state index in [4.69, 9.17) is 16.3 Å². The maximum Gasteiger partial charge on any atom is 0.341 e. The Balaban J connectivity index is 2.06. The molecule has 0 radical (unpaired) electrons. The van der Waals surface area contributed by atoms with Crippen molar-refractivity contribution < 1.29 is 18.8 Å². The van der Waals surface area contributed by atoms with E-state index in [1.54, 1.807) is 54.8 Å². The van der Waals surface area contributed by atoms with Gasteiger partial charge in [-0.15, -0.1) is 16.5 Å². The summed E-state index contributed by atoms with van der Waals surface area (Å²) in [6.45, 7) is 1.79. The molecule has 0 N–H and O–H groups in total. The minimum absolute atomic E-state index is 0.00826. The van der Waals surface area contributed by atoms with Crippen molar-refractivity contribution in [3.05, 3.63) is 76.1 Å². The maximum absolute atomic E-state index is 14.9. The zero-order valence-corrected chi connectivity index (χ0v) is 15.9. The molecule has 0 bridgehead atoms. The van der Waals surface area contributed by atoms with E-state index in [0.29, 0.717) is 16.1 Å². The summed E-state index contributed by atoms with van der Waals surface area (Å²) in [4.78, 5) is 25.0. The lowest BCUT2D eigenvalue weighted by atomic mass is 10.0. The summed E-state index contributed by atoms with van der Waals surface area (Å²) in [5.74, 6) is -1.55. The molecule has 2 aromatic carbocycles. The number of halogens is 2. The molecule has 4 nitrogen and oxygen atoms in total. The third-order valence-corrected chi connectivity index (χ3v) is 4.98. The highest BCUT2D eigenvalue weighted by Crippen LogP contribution is 2.39. The Morgan fingerprint density at radius 1 is 1.11 bits per heavy atom. The Labute approximate surface area is 164 Å². The highest BCUT2D eigenvalue weighted by molar-refractivity contribution is 7.15. The zero-order valence-electron chi connectivity index (χ0n) is 14.3. The van der Waals surface area contributed by atoms with Crippen molar-refractivity contribution >= 4 is 39.8 Å². The van der Waals surface area contributed by atoms with Crippen LogP contribution in [0.25, 0.3) is 11.1 Å². The number of thiophene rings is 1. The molecule has 1 aromatic heterocycles. The monoisotopic (exact) mass is 403 g/mol. The smallest absolute Gasteiger partial charge is 0.341 e. The van der Waals surface area contributed by atoms with E-state index >= 15 is 0 Å². The van der Waals surface area contributed by atoms with Crippen molar-refractivity contribution in [1.29, 1.82) is 0 Å². The first-order chi connectivity index (χ1) is 13.0. The second-order valence-corrected chi connectivity index (χ2v) is 6.80. The molecule has 0 unspecified atom stereocenters. The molecule has 0 atom stereocenters. The Kier molecular flexibility index (Phi) is 5.88. The van der Waals surface area contributed by atoms with Crippen LogP contribution in [0.5, 0.6) is 0 Å². The van der Waals surface area contributed by atoms with Crippen LogP contribution in [-0.4, -0.2) is 18.5 Å².